The third-order valence-electron chi connectivity index (χ3n) is 7.31. The molecule has 0 bridgehead atoms. The fourth-order valence-electron chi connectivity index (χ4n) is 5.17. The van der Waals surface area contributed by atoms with Crippen molar-refractivity contribution in [3.8, 4) is 23.0 Å². The molecule has 218 valence electrons. The van der Waals surface area contributed by atoms with Crippen LogP contribution < -0.4 is 14.2 Å². The molecule has 2 aliphatic rings. The van der Waals surface area contributed by atoms with E-state index in [-0.39, 0.29) is 11.4 Å². The lowest BCUT2D eigenvalue weighted by Gasteiger charge is -2.35. The van der Waals surface area contributed by atoms with Crippen LogP contribution in [0, 0.1) is 0 Å². The Kier molecular flexibility index (Phi) is 8.96. The summed E-state index contributed by atoms with van der Waals surface area (Å²) in [6.45, 7) is 3.62. The molecule has 1 unspecified atom stereocenters. The van der Waals surface area contributed by atoms with Gasteiger partial charge < -0.3 is 24.1 Å². The topological polar surface area (TPSA) is 115 Å². The molecule has 1 saturated heterocycles. The fourth-order valence-corrected chi connectivity index (χ4v) is 6.66. The highest BCUT2D eigenvalue weighted by Crippen LogP contribution is 2.37. The van der Waals surface area contributed by atoms with E-state index >= 15 is 0 Å². The van der Waals surface area contributed by atoms with Gasteiger partial charge in [-0.3, -0.25) is 4.90 Å². The quantitative estimate of drug-likeness (QED) is 0.318. The summed E-state index contributed by atoms with van der Waals surface area (Å²) < 4.78 is 50.5. The van der Waals surface area contributed by atoms with E-state index in [1.54, 1.807) is 55.6 Å². The Morgan fingerprint density at radius 2 is 1.51 bits per heavy atom. The molecule has 0 radical (unpaired) electrons. The molecule has 0 amide bonds. The first-order chi connectivity index (χ1) is 19.8. The number of hydrogen-bond acceptors (Lipinski definition) is 8. The van der Waals surface area contributed by atoms with E-state index < -0.39 is 22.4 Å². The number of fused-ring (bicyclic) bond motifs is 1. The molecule has 10 nitrogen and oxygen atoms in total. The van der Waals surface area contributed by atoms with E-state index in [1.807, 2.05) is 6.07 Å². The van der Waals surface area contributed by atoms with E-state index in [0.29, 0.717) is 41.6 Å². The summed E-state index contributed by atoms with van der Waals surface area (Å²) in [6.07, 6.45) is 1.21. The van der Waals surface area contributed by atoms with Crippen molar-refractivity contribution in [3.05, 3.63) is 77.9 Å². The predicted molar refractivity (Wildman–Crippen MR) is 151 cm³/mol. The van der Waals surface area contributed by atoms with Crippen molar-refractivity contribution in [2.75, 3.05) is 39.9 Å². The maximum Gasteiger partial charge on any atom is 0.507 e. The molecule has 3 aromatic rings. The van der Waals surface area contributed by atoms with Crippen LogP contribution in [0.4, 0.5) is 4.79 Å². The molecule has 0 spiro atoms. The summed E-state index contributed by atoms with van der Waals surface area (Å²) in [4.78, 5) is 14.0. The molecule has 2 heterocycles. The zero-order valence-corrected chi connectivity index (χ0v) is 23.7. The molecule has 5 rings (SSSR count). The third kappa shape index (κ3) is 6.92. The number of hydrogen-bond donors (Lipinski definition) is 1. The smallest absolute Gasteiger partial charge is 0.497 e. The Morgan fingerprint density at radius 3 is 2.17 bits per heavy atom. The highest BCUT2D eigenvalue weighted by Gasteiger charge is 2.39. The summed E-state index contributed by atoms with van der Waals surface area (Å²) in [7, 11) is -2.52. The van der Waals surface area contributed by atoms with Crippen LogP contribution in [0.1, 0.15) is 36.6 Å². The van der Waals surface area contributed by atoms with Gasteiger partial charge in [0.25, 0.3) is 0 Å². The van der Waals surface area contributed by atoms with Crippen molar-refractivity contribution in [1.29, 1.82) is 0 Å². The summed E-state index contributed by atoms with van der Waals surface area (Å²) in [5.74, 6) is 2.37. The normalized spacial score (nSPS) is 17.8. The zero-order valence-electron chi connectivity index (χ0n) is 22.9. The number of carbonyl (C=O) groups is 1. The minimum absolute atomic E-state index is 0.000291. The Labute approximate surface area is 240 Å². The number of sulfonamides is 1. The minimum atomic E-state index is -4.10. The van der Waals surface area contributed by atoms with Crippen molar-refractivity contribution in [2.45, 2.75) is 36.8 Å². The molecular weight excluding hydrogens is 548 g/mol. The average Bonchev–Trinajstić information content (AvgIpc) is 2.98. The molecule has 2 aliphatic heterocycles. The van der Waals surface area contributed by atoms with E-state index in [0.717, 1.165) is 29.5 Å². The molecule has 0 aromatic heterocycles. The number of piperidine rings is 1. The molecule has 11 heteroatoms. The lowest BCUT2D eigenvalue weighted by atomic mass is 9.99. The van der Waals surface area contributed by atoms with E-state index in [2.05, 4.69) is 4.90 Å². The van der Waals surface area contributed by atoms with Crippen molar-refractivity contribution < 1.29 is 37.3 Å². The van der Waals surface area contributed by atoms with Crippen LogP contribution in [0.25, 0.3) is 0 Å². The van der Waals surface area contributed by atoms with Gasteiger partial charge in [-0.2, -0.15) is 4.31 Å². The predicted octanol–water partition coefficient (Wildman–Crippen LogP) is 5.29. The molecule has 0 aliphatic carbocycles. The highest BCUT2D eigenvalue weighted by molar-refractivity contribution is 7.89. The maximum atomic E-state index is 13.7. The van der Waals surface area contributed by atoms with Gasteiger partial charge >= 0.3 is 6.16 Å². The number of methoxy groups -OCH3 is 1. The van der Waals surface area contributed by atoms with Gasteiger partial charge in [-0.25, -0.2) is 13.2 Å². The zero-order chi connectivity index (χ0) is 28.8. The summed E-state index contributed by atoms with van der Waals surface area (Å²) in [5, 5.41) is 9.45. The van der Waals surface area contributed by atoms with Gasteiger partial charge in [0, 0.05) is 18.7 Å². The van der Waals surface area contributed by atoms with Gasteiger partial charge in [-0.15, -0.1) is 0 Å². The lowest BCUT2D eigenvalue weighted by Crippen LogP contribution is -2.41. The van der Waals surface area contributed by atoms with Gasteiger partial charge in [0.15, 0.2) is 6.23 Å². The Morgan fingerprint density at radius 1 is 0.878 bits per heavy atom. The highest BCUT2D eigenvalue weighted by atomic mass is 32.2. The average molecular weight is 583 g/mol. The first-order valence-electron chi connectivity index (χ1n) is 13.6. The first-order valence-corrected chi connectivity index (χ1v) is 15.1. The van der Waals surface area contributed by atoms with Crippen LogP contribution >= 0.6 is 0 Å². The summed E-state index contributed by atoms with van der Waals surface area (Å²) >= 11 is 0. The molecule has 41 heavy (non-hydrogen) atoms. The maximum absolute atomic E-state index is 13.7. The number of rotatable bonds is 10. The SMILES string of the molecule is COc1ccc(Oc2ccc(S(=O)(=O)N3CCc4cc(OCCN5CCCCC5)ccc4C3OC(=O)O)cc2)cc1. The van der Waals surface area contributed by atoms with Crippen molar-refractivity contribution in [1.82, 2.24) is 9.21 Å². The number of likely N-dealkylation sites (tertiary alicyclic amines) is 1. The van der Waals surface area contributed by atoms with Crippen molar-refractivity contribution >= 4 is 16.2 Å². The monoisotopic (exact) mass is 582 g/mol. The largest absolute Gasteiger partial charge is 0.507 e. The fraction of sp³-hybridized carbons (Fsp3) is 0.367. The number of ether oxygens (including phenoxy) is 4. The number of benzene rings is 3. The number of nitrogens with zero attached hydrogens (tertiary/aromatic N) is 2. The van der Waals surface area contributed by atoms with Crippen molar-refractivity contribution in [3.63, 3.8) is 0 Å². The van der Waals surface area contributed by atoms with E-state index in [1.165, 1.54) is 31.4 Å². The van der Waals surface area contributed by atoms with Crippen LogP contribution in [0.2, 0.25) is 0 Å². The first kappa shape index (κ1) is 28.7. The minimum Gasteiger partial charge on any atom is -0.497 e. The van der Waals surface area contributed by atoms with E-state index in [4.69, 9.17) is 18.9 Å². The second-order valence-electron chi connectivity index (χ2n) is 9.96. The number of carboxylic acid groups (broad SMARTS) is 1. The molecule has 3 aromatic carbocycles. The van der Waals surface area contributed by atoms with Crippen LogP contribution in [0.5, 0.6) is 23.0 Å². The van der Waals surface area contributed by atoms with Gasteiger partial charge in [-0.1, -0.05) is 6.42 Å². The van der Waals surface area contributed by atoms with Gasteiger partial charge in [0.2, 0.25) is 10.0 Å². The van der Waals surface area contributed by atoms with Crippen LogP contribution in [0.3, 0.4) is 0 Å². The van der Waals surface area contributed by atoms with Gasteiger partial charge in [0.1, 0.15) is 29.6 Å². The third-order valence-corrected chi connectivity index (χ3v) is 9.17. The van der Waals surface area contributed by atoms with Gasteiger partial charge in [-0.05, 0) is 105 Å². The Bertz CT molecular complexity index is 1440. The standard InChI is InChI=1S/C30H34N2O8S/c1-37-23-5-7-24(8-6-23)39-25-9-12-27(13-10-25)41(35,36)32-18-15-22-21-26(11-14-28(22)29(32)40-30(33)34)38-20-19-31-16-3-2-4-17-31/h5-14,21,29H,2-4,15-20H2,1H3,(H,33,34). The van der Waals surface area contributed by atoms with Gasteiger partial charge in [0.05, 0.1) is 12.0 Å². The molecule has 1 fully saturated rings. The lowest BCUT2D eigenvalue weighted by molar-refractivity contribution is -0.00579. The second-order valence-corrected chi connectivity index (χ2v) is 11.9. The molecular formula is C30H34N2O8S. The van der Waals surface area contributed by atoms with Crippen LogP contribution in [-0.4, -0.2) is 68.8 Å². The Hall–Kier alpha value is -3.80. The van der Waals surface area contributed by atoms with Crippen LogP contribution in [0.15, 0.2) is 71.6 Å². The second kappa shape index (κ2) is 12.8. The van der Waals surface area contributed by atoms with Crippen LogP contribution in [-0.2, 0) is 21.2 Å². The van der Waals surface area contributed by atoms with E-state index in [9.17, 15) is 18.3 Å². The molecule has 0 saturated carbocycles. The summed E-state index contributed by atoms with van der Waals surface area (Å²) in [6, 6.07) is 18.2. The Balaban J connectivity index is 1.29. The van der Waals surface area contributed by atoms with Crippen molar-refractivity contribution in [2.24, 2.45) is 0 Å². The molecule has 1 N–H and O–H groups in total. The summed E-state index contributed by atoms with van der Waals surface area (Å²) in [5.41, 5.74) is 1.27. The molecule has 1 atom stereocenters.